The van der Waals surface area contributed by atoms with E-state index in [2.05, 4.69) is 45.9 Å². The van der Waals surface area contributed by atoms with Gasteiger partial charge in [0, 0.05) is 5.41 Å². The summed E-state index contributed by atoms with van der Waals surface area (Å²) in [6.45, 7) is 9.54. The summed E-state index contributed by atoms with van der Waals surface area (Å²) in [5.74, 6) is 4.00. The van der Waals surface area contributed by atoms with Crippen LogP contribution in [-0.4, -0.2) is 0 Å². The van der Waals surface area contributed by atoms with Crippen LogP contribution in [0, 0.1) is 23.2 Å². The molecule has 5 fully saturated rings. The average Bonchev–Trinajstić information content (AvgIpc) is 3.30. The minimum Gasteiger partial charge on any atom is -0.0655 e. The Hall–Kier alpha value is -1.04. The van der Waals surface area contributed by atoms with Crippen molar-refractivity contribution in [3.8, 4) is 0 Å². The van der Waals surface area contributed by atoms with E-state index in [1.165, 1.54) is 57.8 Å². The van der Waals surface area contributed by atoms with Crippen LogP contribution in [0.4, 0.5) is 0 Å². The highest BCUT2D eigenvalue weighted by molar-refractivity contribution is 5.68. The maximum absolute atomic E-state index is 2.71. The first kappa shape index (κ1) is 16.9. The fourth-order valence-electron chi connectivity index (χ4n) is 7.96. The van der Waals surface area contributed by atoms with E-state index in [0.29, 0.717) is 10.8 Å². The number of hydrogen-bond donors (Lipinski definition) is 0. The number of hydrogen-bond acceptors (Lipinski definition) is 0. The first-order chi connectivity index (χ1) is 12.8. The Morgan fingerprint density at radius 3 is 2.30 bits per heavy atom. The summed E-state index contributed by atoms with van der Waals surface area (Å²) >= 11 is 0. The molecule has 1 aromatic carbocycles. The predicted molar refractivity (Wildman–Crippen MR) is 114 cm³/mol. The predicted octanol–water partition coefficient (Wildman–Crippen LogP) is 7.15. The zero-order valence-corrected chi connectivity index (χ0v) is 17.8. The Morgan fingerprint density at radius 1 is 1.00 bits per heavy atom. The lowest BCUT2D eigenvalue weighted by atomic mass is 9.41. The SMILES string of the molecule is CCC1=Cc2cc(C(C)(C)C)cc(C34CC5C[C](CC(C5)C3)C43CC3)c2C1. The number of rotatable bonds is 2. The quantitative estimate of drug-likeness (QED) is 0.526. The van der Waals surface area contributed by atoms with Gasteiger partial charge in [0.2, 0.25) is 0 Å². The average molecular weight is 360 g/mol. The molecule has 4 bridgehead atoms. The number of benzene rings is 1. The van der Waals surface area contributed by atoms with E-state index >= 15 is 0 Å². The monoisotopic (exact) mass is 359 g/mol. The van der Waals surface area contributed by atoms with Gasteiger partial charge in [-0.25, -0.2) is 0 Å². The zero-order valence-electron chi connectivity index (χ0n) is 17.8. The van der Waals surface area contributed by atoms with Gasteiger partial charge < -0.3 is 0 Å². The Morgan fingerprint density at radius 2 is 1.70 bits per heavy atom. The van der Waals surface area contributed by atoms with Crippen molar-refractivity contribution in [3.05, 3.63) is 45.9 Å². The van der Waals surface area contributed by atoms with Crippen molar-refractivity contribution in [2.45, 2.75) is 96.3 Å². The molecule has 6 aliphatic carbocycles. The van der Waals surface area contributed by atoms with Gasteiger partial charge in [-0.1, -0.05) is 51.5 Å². The van der Waals surface area contributed by atoms with Gasteiger partial charge in [-0.05, 0) is 109 Å². The van der Waals surface area contributed by atoms with Crippen molar-refractivity contribution in [1.29, 1.82) is 0 Å². The van der Waals surface area contributed by atoms with Crippen LogP contribution in [0.3, 0.4) is 0 Å². The van der Waals surface area contributed by atoms with Crippen LogP contribution in [0.1, 0.15) is 101 Å². The van der Waals surface area contributed by atoms with Crippen molar-refractivity contribution < 1.29 is 0 Å². The minimum atomic E-state index is 0.235. The largest absolute Gasteiger partial charge is 0.0655 e. The first-order valence-electron chi connectivity index (χ1n) is 11.6. The van der Waals surface area contributed by atoms with Crippen molar-refractivity contribution in [1.82, 2.24) is 0 Å². The molecule has 0 heterocycles. The van der Waals surface area contributed by atoms with E-state index in [9.17, 15) is 0 Å². The van der Waals surface area contributed by atoms with E-state index in [-0.39, 0.29) is 5.41 Å². The molecule has 2 unspecified atom stereocenters. The molecule has 0 amide bonds. The second-order valence-electron chi connectivity index (χ2n) is 11.7. The van der Waals surface area contributed by atoms with E-state index in [1.54, 1.807) is 22.3 Å². The normalized spacial score (nSPS) is 35.6. The summed E-state index contributed by atoms with van der Waals surface area (Å²) in [5, 5.41) is 0. The molecule has 6 aliphatic rings. The fraction of sp³-hybridized carbons (Fsp3) is 0.667. The number of fused-ring (bicyclic) bond motifs is 1. The Kier molecular flexibility index (Phi) is 3.19. The molecule has 2 atom stereocenters. The van der Waals surface area contributed by atoms with E-state index in [4.69, 9.17) is 0 Å². The number of allylic oxidation sites excluding steroid dienone is 1. The molecular formula is C27H35. The van der Waals surface area contributed by atoms with E-state index < -0.39 is 0 Å². The summed E-state index contributed by atoms with van der Waals surface area (Å²) in [5.41, 5.74) is 9.68. The zero-order chi connectivity index (χ0) is 18.6. The second-order valence-corrected chi connectivity index (χ2v) is 11.7. The van der Waals surface area contributed by atoms with Crippen LogP contribution >= 0.6 is 0 Å². The van der Waals surface area contributed by atoms with Gasteiger partial charge in [0.05, 0.1) is 0 Å². The molecule has 1 aromatic rings. The molecule has 1 spiro atoms. The molecule has 0 saturated heterocycles. The summed E-state index contributed by atoms with van der Waals surface area (Å²) < 4.78 is 0. The molecule has 0 nitrogen and oxygen atoms in total. The lowest BCUT2D eigenvalue weighted by molar-refractivity contribution is -0.00280. The minimum absolute atomic E-state index is 0.235. The topological polar surface area (TPSA) is 0 Å². The fourth-order valence-corrected chi connectivity index (χ4v) is 7.96. The second kappa shape index (κ2) is 5.11. The van der Waals surface area contributed by atoms with Crippen molar-refractivity contribution in [2.24, 2.45) is 17.3 Å². The van der Waals surface area contributed by atoms with E-state index in [0.717, 1.165) is 11.8 Å². The van der Waals surface area contributed by atoms with Crippen LogP contribution in [-0.2, 0) is 17.3 Å². The third-order valence-corrected chi connectivity index (χ3v) is 9.24. The maximum Gasteiger partial charge on any atom is 0.00233 e. The maximum atomic E-state index is 2.71. The Balaban J connectivity index is 1.57. The third kappa shape index (κ3) is 2.11. The molecule has 5 saturated carbocycles. The van der Waals surface area contributed by atoms with Crippen molar-refractivity contribution in [3.63, 3.8) is 0 Å². The highest BCUT2D eigenvalue weighted by Gasteiger charge is 2.71. The van der Waals surface area contributed by atoms with Gasteiger partial charge in [-0.3, -0.25) is 0 Å². The highest BCUT2D eigenvalue weighted by Crippen LogP contribution is 2.79. The molecule has 0 heteroatoms. The van der Waals surface area contributed by atoms with Gasteiger partial charge in [-0.15, -0.1) is 0 Å². The van der Waals surface area contributed by atoms with Crippen molar-refractivity contribution >= 4 is 6.08 Å². The standard InChI is InChI=1S/C27H35/c1-5-17-9-20-13-21(25(2,3)4)14-24(23(20)12-17)27-15-18-8-19(16-27)11-22(10-18)26(27)6-7-26/h9,13-14,18-19H,5-8,10-12,15-16H2,1-4H3. The lowest BCUT2D eigenvalue weighted by Gasteiger charge is -2.63. The lowest BCUT2D eigenvalue weighted by Crippen LogP contribution is -2.56. The Bertz CT molecular complexity index is 828. The summed E-state index contributed by atoms with van der Waals surface area (Å²) in [6.07, 6.45) is 15.4. The van der Waals surface area contributed by atoms with Gasteiger partial charge in [0.1, 0.15) is 0 Å². The van der Waals surface area contributed by atoms with Crippen LogP contribution < -0.4 is 0 Å². The summed E-state index contributed by atoms with van der Waals surface area (Å²) in [7, 11) is 0. The summed E-state index contributed by atoms with van der Waals surface area (Å²) in [6, 6.07) is 5.24. The van der Waals surface area contributed by atoms with Gasteiger partial charge >= 0.3 is 0 Å². The van der Waals surface area contributed by atoms with Crippen LogP contribution in [0.5, 0.6) is 0 Å². The molecule has 27 heavy (non-hydrogen) atoms. The molecule has 143 valence electrons. The highest BCUT2D eigenvalue weighted by atomic mass is 14.7. The molecular weight excluding hydrogens is 324 g/mol. The first-order valence-corrected chi connectivity index (χ1v) is 11.6. The molecule has 0 aromatic heterocycles. The van der Waals surface area contributed by atoms with E-state index in [1.807, 2.05) is 11.5 Å². The van der Waals surface area contributed by atoms with Gasteiger partial charge in [0.25, 0.3) is 0 Å². The summed E-state index contributed by atoms with van der Waals surface area (Å²) in [4.78, 5) is 0. The van der Waals surface area contributed by atoms with Crippen LogP contribution in [0.2, 0.25) is 0 Å². The molecule has 0 aliphatic heterocycles. The molecule has 7 rings (SSSR count). The van der Waals surface area contributed by atoms with Crippen molar-refractivity contribution in [2.75, 3.05) is 0 Å². The molecule has 0 N–H and O–H groups in total. The Labute approximate surface area is 165 Å². The van der Waals surface area contributed by atoms with Gasteiger partial charge in [0.15, 0.2) is 0 Å². The van der Waals surface area contributed by atoms with Crippen LogP contribution in [0.25, 0.3) is 6.08 Å². The van der Waals surface area contributed by atoms with Gasteiger partial charge in [-0.2, -0.15) is 0 Å². The molecule has 1 radical (unpaired) electrons. The van der Waals surface area contributed by atoms with Crippen LogP contribution in [0.15, 0.2) is 17.7 Å². The smallest absolute Gasteiger partial charge is 0.00233 e. The third-order valence-electron chi connectivity index (χ3n) is 9.24.